The predicted octanol–water partition coefficient (Wildman–Crippen LogP) is 0.325. The number of hydrogen-bond donors (Lipinski definition) is 1. The van der Waals surface area contributed by atoms with Gasteiger partial charge in [-0.05, 0) is 12.8 Å². The van der Waals surface area contributed by atoms with Crippen LogP contribution < -0.4 is 5.73 Å². The molecule has 0 spiro atoms. The molecule has 2 N–H and O–H groups in total. The molecule has 0 aromatic rings. The SMILES string of the molecule is NC(=O)CCCCC(=O)N=O. The molecule has 0 fully saturated rings. The number of carbonyl (C=O) groups is 2. The number of primary amides is 1. The standard InChI is InChI=1S/C6H10N2O3/c7-5(9)3-1-2-4-6(10)8-11/h1-4H2,(H2,7,9). The molecule has 0 radical (unpaired) electrons. The number of nitrogens with two attached hydrogens (primary N) is 1. The predicted molar refractivity (Wildman–Crippen MR) is 38.5 cm³/mol. The highest BCUT2D eigenvalue weighted by molar-refractivity contribution is 5.76. The molecule has 5 nitrogen and oxygen atoms in total. The Morgan fingerprint density at radius 1 is 1.18 bits per heavy atom. The number of nitroso groups, excluding NO2 is 1. The van der Waals surface area contributed by atoms with E-state index in [0.717, 1.165) is 0 Å². The third kappa shape index (κ3) is 6.63. The zero-order valence-electron chi connectivity index (χ0n) is 6.08. The minimum atomic E-state index is -0.672. The van der Waals surface area contributed by atoms with Gasteiger partial charge < -0.3 is 5.73 Å². The molecular formula is C6H10N2O3. The summed E-state index contributed by atoms with van der Waals surface area (Å²) < 4.78 is 0. The number of amides is 2. The minimum absolute atomic E-state index is 0.108. The van der Waals surface area contributed by atoms with E-state index in [2.05, 4.69) is 5.18 Å². The molecule has 0 aromatic carbocycles. The summed E-state index contributed by atoms with van der Waals surface area (Å²) in [6.07, 6.45) is 1.40. The van der Waals surface area contributed by atoms with E-state index < -0.39 is 11.8 Å². The molecule has 0 heterocycles. The first-order valence-electron chi connectivity index (χ1n) is 3.31. The molecule has 0 bridgehead atoms. The number of unbranched alkanes of at least 4 members (excludes halogenated alkanes) is 1. The fraction of sp³-hybridized carbons (Fsp3) is 0.667. The molecule has 0 unspecified atom stereocenters. The first-order chi connectivity index (χ1) is 5.16. The van der Waals surface area contributed by atoms with E-state index in [0.29, 0.717) is 12.8 Å². The van der Waals surface area contributed by atoms with Crippen molar-refractivity contribution >= 4 is 11.8 Å². The van der Waals surface area contributed by atoms with Gasteiger partial charge in [0.2, 0.25) is 5.91 Å². The van der Waals surface area contributed by atoms with Gasteiger partial charge >= 0.3 is 0 Å². The van der Waals surface area contributed by atoms with Gasteiger partial charge in [0.25, 0.3) is 5.91 Å². The van der Waals surface area contributed by atoms with Gasteiger partial charge in [0.15, 0.2) is 0 Å². The third-order valence-corrected chi connectivity index (χ3v) is 1.17. The van der Waals surface area contributed by atoms with Crippen LogP contribution in [0.25, 0.3) is 0 Å². The van der Waals surface area contributed by atoms with Crippen molar-refractivity contribution in [2.45, 2.75) is 25.7 Å². The van der Waals surface area contributed by atoms with Gasteiger partial charge in [0.05, 0.1) is 0 Å². The Hall–Kier alpha value is -1.26. The summed E-state index contributed by atoms with van der Waals surface area (Å²) in [5.74, 6) is -1.06. The van der Waals surface area contributed by atoms with Gasteiger partial charge in [0, 0.05) is 18.0 Å². The van der Waals surface area contributed by atoms with Crippen LogP contribution in [0, 0.1) is 4.91 Å². The quantitative estimate of drug-likeness (QED) is 0.461. The van der Waals surface area contributed by atoms with Crippen molar-refractivity contribution < 1.29 is 9.59 Å². The lowest BCUT2D eigenvalue weighted by Crippen LogP contribution is -2.09. The Morgan fingerprint density at radius 3 is 2.18 bits per heavy atom. The van der Waals surface area contributed by atoms with Crippen LogP contribution in [-0.4, -0.2) is 11.8 Å². The van der Waals surface area contributed by atoms with Crippen LogP contribution in [0.4, 0.5) is 0 Å². The molecule has 0 aliphatic rings. The maximum absolute atomic E-state index is 10.3. The maximum Gasteiger partial charge on any atom is 0.286 e. The first kappa shape index (κ1) is 9.74. The first-order valence-corrected chi connectivity index (χ1v) is 3.31. The Labute approximate surface area is 63.9 Å². The van der Waals surface area contributed by atoms with Gasteiger partial charge in [-0.1, -0.05) is 0 Å². The third-order valence-electron chi connectivity index (χ3n) is 1.17. The number of hydrogen-bond acceptors (Lipinski definition) is 3. The monoisotopic (exact) mass is 158 g/mol. The largest absolute Gasteiger partial charge is 0.370 e. The molecule has 0 atom stereocenters. The lowest BCUT2D eigenvalue weighted by molar-refractivity contribution is -0.119. The molecule has 0 aliphatic carbocycles. The van der Waals surface area contributed by atoms with Crippen molar-refractivity contribution in [2.24, 2.45) is 10.9 Å². The highest BCUT2D eigenvalue weighted by Crippen LogP contribution is 1.99. The number of rotatable bonds is 5. The molecular weight excluding hydrogens is 148 g/mol. The fourth-order valence-electron chi connectivity index (χ4n) is 0.621. The Bertz CT molecular complexity index is 167. The Kier molecular flexibility index (Phi) is 4.89. The molecule has 0 saturated carbocycles. The van der Waals surface area contributed by atoms with Crippen molar-refractivity contribution in [1.82, 2.24) is 0 Å². The zero-order valence-corrected chi connectivity index (χ0v) is 6.08. The molecule has 62 valence electrons. The molecule has 0 saturated heterocycles. The molecule has 0 rings (SSSR count). The van der Waals surface area contributed by atoms with Crippen LogP contribution in [0.15, 0.2) is 5.18 Å². The number of carbonyl (C=O) groups excluding carboxylic acids is 2. The van der Waals surface area contributed by atoms with Crippen LogP contribution in [0.2, 0.25) is 0 Å². The topological polar surface area (TPSA) is 89.6 Å². The van der Waals surface area contributed by atoms with Gasteiger partial charge in [-0.3, -0.25) is 9.59 Å². The second-order valence-corrected chi connectivity index (χ2v) is 2.16. The maximum atomic E-state index is 10.3. The summed E-state index contributed by atoms with van der Waals surface area (Å²) in [6.45, 7) is 0. The van der Waals surface area contributed by atoms with Crippen molar-refractivity contribution in [3.05, 3.63) is 4.91 Å². The van der Waals surface area contributed by atoms with Crippen molar-refractivity contribution in [3.8, 4) is 0 Å². The van der Waals surface area contributed by atoms with Crippen LogP contribution in [0.5, 0.6) is 0 Å². The smallest absolute Gasteiger partial charge is 0.286 e. The van der Waals surface area contributed by atoms with E-state index in [9.17, 15) is 14.5 Å². The van der Waals surface area contributed by atoms with E-state index in [-0.39, 0.29) is 12.8 Å². The van der Waals surface area contributed by atoms with Crippen molar-refractivity contribution in [3.63, 3.8) is 0 Å². The van der Waals surface area contributed by atoms with E-state index >= 15 is 0 Å². The zero-order chi connectivity index (χ0) is 8.69. The fourth-order valence-corrected chi connectivity index (χ4v) is 0.621. The van der Waals surface area contributed by atoms with Crippen LogP contribution in [0.3, 0.4) is 0 Å². The van der Waals surface area contributed by atoms with Crippen LogP contribution >= 0.6 is 0 Å². The average molecular weight is 158 g/mol. The molecule has 5 heteroatoms. The second-order valence-electron chi connectivity index (χ2n) is 2.16. The Balaban J connectivity index is 3.21. The highest BCUT2D eigenvalue weighted by atomic mass is 16.3. The second kappa shape index (κ2) is 5.52. The Morgan fingerprint density at radius 2 is 1.73 bits per heavy atom. The summed E-state index contributed by atoms with van der Waals surface area (Å²) in [5.41, 5.74) is 4.83. The van der Waals surface area contributed by atoms with Gasteiger partial charge in [-0.15, -0.1) is 4.91 Å². The van der Waals surface area contributed by atoms with Crippen LogP contribution in [0.1, 0.15) is 25.7 Å². The lowest BCUT2D eigenvalue weighted by atomic mass is 10.2. The van der Waals surface area contributed by atoms with E-state index in [1.54, 1.807) is 0 Å². The van der Waals surface area contributed by atoms with Gasteiger partial charge in [-0.2, -0.15) is 0 Å². The molecule has 0 aromatic heterocycles. The molecule has 0 aliphatic heterocycles. The summed E-state index contributed by atoms with van der Waals surface area (Å²) in [7, 11) is 0. The molecule has 11 heavy (non-hydrogen) atoms. The summed E-state index contributed by atoms with van der Waals surface area (Å²) in [4.78, 5) is 30.0. The summed E-state index contributed by atoms with van der Waals surface area (Å²) >= 11 is 0. The molecule has 2 amide bonds. The minimum Gasteiger partial charge on any atom is -0.370 e. The lowest BCUT2D eigenvalue weighted by Gasteiger charge is -1.92. The van der Waals surface area contributed by atoms with Crippen molar-refractivity contribution in [2.75, 3.05) is 0 Å². The van der Waals surface area contributed by atoms with Gasteiger partial charge in [0.1, 0.15) is 0 Å². The van der Waals surface area contributed by atoms with Crippen LogP contribution in [-0.2, 0) is 9.59 Å². The van der Waals surface area contributed by atoms with E-state index in [4.69, 9.17) is 5.73 Å². The number of nitrogens with zero attached hydrogens (tertiary/aromatic N) is 1. The summed E-state index contributed by atoms with van der Waals surface area (Å²) in [5, 5.41) is 2.20. The summed E-state index contributed by atoms with van der Waals surface area (Å²) in [6, 6.07) is 0. The average Bonchev–Trinajstić information content (AvgIpc) is 1.97. The van der Waals surface area contributed by atoms with E-state index in [1.807, 2.05) is 0 Å². The van der Waals surface area contributed by atoms with E-state index in [1.165, 1.54) is 0 Å². The highest BCUT2D eigenvalue weighted by Gasteiger charge is 2.00. The normalized spacial score (nSPS) is 9.09. The van der Waals surface area contributed by atoms with Gasteiger partial charge in [-0.25, -0.2) is 0 Å². The van der Waals surface area contributed by atoms with Crippen molar-refractivity contribution in [1.29, 1.82) is 0 Å².